The van der Waals surface area contributed by atoms with Crippen molar-refractivity contribution in [3.05, 3.63) is 96.1 Å². The zero-order chi connectivity index (χ0) is 21.6. The van der Waals surface area contributed by atoms with Gasteiger partial charge in [0.1, 0.15) is 11.6 Å². The minimum absolute atomic E-state index is 0.0545. The van der Waals surface area contributed by atoms with E-state index in [1.165, 1.54) is 12.1 Å². The summed E-state index contributed by atoms with van der Waals surface area (Å²) in [4.78, 5) is 12.5. The summed E-state index contributed by atoms with van der Waals surface area (Å²) in [5.41, 5.74) is 0.692. The van der Waals surface area contributed by atoms with Gasteiger partial charge in [-0.25, -0.2) is 17.2 Å². The fraction of sp³-hybridized carbons (Fsp3) is 0.136. The van der Waals surface area contributed by atoms with Crippen molar-refractivity contribution in [1.29, 1.82) is 0 Å². The molecule has 0 radical (unpaired) electrons. The molecular weight excluding hydrogens is 410 g/mol. The SMILES string of the molecule is O=C(CN(CCc1ccccc1)S(=O)(=O)c1ccccc1)Nc1ccc(F)cc1F. The first-order valence-electron chi connectivity index (χ1n) is 9.20. The topological polar surface area (TPSA) is 66.5 Å². The lowest BCUT2D eigenvalue weighted by Crippen LogP contribution is -2.39. The lowest BCUT2D eigenvalue weighted by Gasteiger charge is -2.22. The first-order chi connectivity index (χ1) is 14.4. The second-order valence-electron chi connectivity index (χ2n) is 6.56. The molecule has 156 valence electrons. The van der Waals surface area contributed by atoms with E-state index in [0.717, 1.165) is 22.0 Å². The lowest BCUT2D eigenvalue weighted by molar-refractivity contribution is -0.116. The average Bonchev–Trinajstić information content (AvgIpc) is 2.74. The zero-order valence-corrected chi connectivity index (χ0v) is 16.8. The van der Waals surface area contributed by atoms with Gasteiger partial charge in [0.15, 0.2) is 0 Å². The largest absolute Gasteiger partial charge is 0.322 e. The van der Waals surface area contributed by atoms with Crippen LogP contribution in [0.25, 0.3) is 0 Å². The van der Waals surface area contributed by atoms with E-state index in [9.17, 15) is 22.0 Å². The van der Waals surface area contributed by atoms with Crippen molar-refractivity contribution in [2.75, 3.05) is 18.4 Å². The Morgan fingerprint density at radius 3 is 2.17 bits per heavy atom. The summed E-state index contributed by atoms with van der Waals surface area (Å²) in [6, 6.07) is 19.8. The van der Waals surface area contributed by atoms with E-state index in [1.54, 1.807) is 18.2 Å². The minimum atomic E-state index is -3.96. The maximum atomic E-state index is 13.8. The third kappa shape index (κ3) is 5.49. The molecule has 3 aromatic rings. The molecule has 5 nitrogen and oxygen atoms in total. The summed E-state index contributed by atoms with van der Waals surface area (Å²) < 4.78 is 54.1. The van der Waals surface area contributed by atoms with Crippen LogP contribution in [0.1, 0.15) is 5.56 Å². The Balaban J connectivity index is 1.80. The van der Waals surface area contributed by atoms with Crippen molar-refractivity contribution in [2.24, 2.45) is 0 Å². The molecule has 0 aliphatic carbocycles. The van der Waals surface area contributed by atoms with E-state index in [-0.39, 0.29) is 17.1 Å². The molecule has 8 heteroatoms. The Hall–Kier alpha value is -3.10. The van der Waals surface area contributed by atoms with Crippen LogP contribution in [0.15, 0.2) is 83.8 Å². The Morgan fingerprint density at radius 1 is 0.900 bits per heavy atom. The molecule has 0 aromatic heterocycles. The van der Waals surface area contributed by atoms with Crippen LogP contribution in [0.3, 0.4) is 0 Å². The van der Waals surface area contributed by atoms with Crippen LogP contribution < -0.4 is 5.32 Å². The van der Waals surface area contributed by atoms with Crippen LogP contribution >= 0.6 is 0 Å². The van der Waals surface area contributed by atoms with Gasteiger partial charge in [-0.1, -0.05) is 48.5 Å². The van der Waals surface area contributed by atoms with Gasteiger partial charge in [-0.3, -0.25) is 4.79 Å². The van der Waals surface area contributed by atoms with Crippen LogP contribution in [0.2, 0.25) is 0 Å². The van der Waals surface area contributed by atoms with Crippen LogP contribution in [-0.2, 0) is 21.2 Å². The number of carbonyl (C=O) groups is 1. The molecule has 1 N–H and O–H groups in total. The van der Waals surface area contributed by atoms with E-state index >= 15 is 0 Å². The predicted molar refractivity (Wildman–Crippen MR) is 110 cm³/mol. The van der Waals surface area contributed by atoms with E-state index in [4.69, 9.17) is 0 Å². The predicted octanol–water partition coefficient (Wildman–Crippen LogP) is 3.84. The monoisotopic (exact) mass is 430 g/mol. The number of rotatable bonds is 8. The van der Waals surface area contributed by atoms with Crippen molar-refractivity contribution < 1.29 is 22.0 Å². The highest BCUT2D eigenvalue weighted by Gasteiger charge is 2.26. The van der Waals surface area contributed by atoms with Crippen molar-refractivity contribution in [3.8, 4) is 0 Å². The first kappa shape index (κ1) is 21.6. The summed E-state index contributed by atoms with van der Waals surface area (Å²) in [5.74, 6) is -2.44. The van der Waals surface area contributed by atoms with Gasteiger partial charge in [-0.2, -0.15) is 4.31 Å². The highest BCUT2D eigenvalue weighted by molar-refractivity contribution is 7.89. The molecule has 0 atom stereocenters. The number of amides is 1. The van der Waals surface area contributed by atoms with Gasteiger partial charge in [-0.15, -0.1) is 0 Å². The number of halogens is 2. The number of hydrogen-bond donors (Lipinski definition) is 1. The Kier molecular flexibility index (Phi) is 6.91. The highest BCUT2D eigenvalue weighted by atomic mass is 32.2. The summed E-state index contributed by atoms with van der Waals surface area (Å²) >= 11 is 0. The zero-order valence-electron chi connectivity index (χ0n) is 16.0. The number of sulfonamides is 1. The molecule has 0 heterocycles. The molecule has 0 aliphatic heterocycles. The molecule has 0 spiro atoms. The second-order valence-corrected chi connectivity index (χ2v) is 8.50. The van der Waals surface area contributed by atoms with Crippen LogP contribution in [0.5, 0.6) is 0 Å². The standard InChI is InChI=1S/C22H20F2N2O3S/c23-18-11-12-21(20(24)15-18)25-22(27)16-26(14-13-17-7-3-1-4-8-17)30(28,29)19-9-5-2-6-10-19/h1-12,15H,13-14,16H2,(H,25,27). The number of nitrogens with one attached hydrogen (secondary N) is 1. The number of nitrogens with zero attached hydrogens (tertiary/aromatic N) is 1. The fourth-order valence-corrected chi connectivity index (χ4v) is 4.28. The third-order valence-electron chi connectivity index (χ3n) is 4.40. The van der Waals surface area contributed by atoms with Gasteiger partial charge >= 0.3 is 0 Å². The molecule has 0 saturated carbocycles. The van der Waals surface area contributed by atoms with Gasteiger partial charge in [-0.05, 0) is 36.2 Å². The van der Waals surface area contributed by atoms with Crippen molar-refractivity contribution in [2.45, 2.75) is 11.3 Å². The average molecular weight is 430 g/mol. The lowest BCUT2D eigenvalue weighted by atomic mass is 10.1. The molecule has 0 aliphatic rings. The molecule has 30 heavy (non-hydrogen) atoms. The molecule has 0 saturated heterocycles. The van der Waals surface area contributed by atoms with Gasteiger partial charge < -0.3 is 5.32 Å². The Labute approximate surface area is 174 Å². The van der Waals surface area contributed by atoms with Gasteiger partial charge in [0.2, 0.25) is 15.9 Å². The van der Waals surface area contributed by atoms with Gasteiger partial charge in [0, 0.05) is 12.6 Å². The maximum Gasteiger partial charge on any atom is 0.243 e. The summed E-state index contributed by atoms with van der Waals surface area (Å²) in [7, 11) is -3.96. The van der Waals surface area contributed by atoms with Gasteiger partial charge in [0.05, 0.1) is 17.1 Å². The highest BCUT2D eigenvalue weighted by Crippen LogP contribution is 2.18. The Morgan fingerprint density at radius 2 is 1.53 bits per heavy atom. The Bertz CT molecular complexity index is 1110. The van der Waals surface area contributed by atoms with E-state index in [2.05, 4.69) is 5.32 Å². The molecule has 0 bridgehead atoms. The summed E-state index contributed by atoms with van der Waals surface area (Å²) in [6.45, 7) is -0.457. The van der Waals surface area contributed by atoms with Crippen LogP contribution in [0.4, 0.5) is 14.5 Å². The molecule has 0 fully saturated rings. The van der Waals surface area contributed by atoms with Crippen molar-refractivity contribution >= 4 is 21.6 Å². The fourth-order valence-electron chi connectivity index (χ4n) is 2.86. The van der Waals surface area contributed by atoms with Crippen molar-refractivity contribution in [1.82, 2.24) is 4.31 Å². The third-order valence-corrected chi connectivity index (χ3v) is 6.26. The molecule has 1 amide bonds. The van der Waals surface area contributed by atoms with E-state index < -0.39 is 34.1 Å². The van der Waals surface area contributed by atoms with Crippen LogP contribution in [-0.4, -0.2) is 31.7 Å². The number of hydrogen-bond acceptors (Lipinski definition) is 3. The number of anilines is 1. The number of benzene rings is 3. The molecule has 3 rings (SSSR count). The quantitative estimate of drug-likeness (QED) is 0.591. The van der Waals surface area contributed by atoms with Gasteiger partial charge in [0.25, 0.3) is 0 Å². The number of carbonyl (C=O) groups excluding carboxylic acids is 1. The second kappa shape index (κ2) is 9.60. The summed E-state index contributed by atoms with van der Waals surface area (Å²) in [6.07, 6.45) is 0.394. The molecule has 0 unspecified atom stereocenters. The normalized spacial score (nSPS) is 11.4. The van der Waals surface area contributed by atoms with Crippen molar-refractivity contribution in [3.63, 3.8) is 0 Å². The van der Waals surface area contributed by atoms with Crippen LogP contribution in [0, 0.1) is 11.6 Å². The smallest absolute Gasteiger partial charge is 0.243 e. The molecular formula is C22H20F2N2O3S. The molecule has 3 aromatic carbocycles. The maximum absolute atomic E-state index is 13.8. The minimum Gasteiger partial charge on any atom is -0.322 e. The summed E-state index contributed by atoms with van der Waals surface area (Å²) in [5, 5.41) is 2.30. The first-order valence-corrected chi connectivity index (χ1v) is 10.6. The van der Waals surface area contributed by atoms with E-state index in [0.29, 0.717) is 12.5 Å². The van der Waals surface area contributed by atoms with E-state index in [1.807, 2.05) is 30.3 Å².